The number of Topliss-reactive ketones (excluding diaryl/α,β-unsaturated/α-hetero) is 1. The van der Waals surface area contributed by atoms with E-state index in [4.69, 9.17) is 14.0 Å². The minimum Gasteiger partial charge on any atom is -0.481 e. The van der Waals surface area contributed by atoms with Crippen LogP contribution < -0.4 is 5.32 Å². The van der Waals surface area contributed by atoms with E-state index < -0.39 is 17.6 Å². The van der Waals surface area contributed by atoms with E-state index in [0.29, 0.717) is 38.0 Å². The lowest BCUT2D eigenvalue weighted by Gasteiger charge is -2.32. The van der Waals surface area contributed by atoms with Gasteiger partial charge in [0.1, 0.15) is 17.9 Å². The van der Waals surface area contributed by atoms with Crippen molar-refractivity contribution in [1.82, 2.24) is 10.0 Å². The van der Waals surface area contributed by atoms with Crippen molar-refractivity contribution in [3.63, 3.8) is 0 Å². The average Bonchev–Trinajstić information content (AvgIpc) is 3.55. The predicted molar refractivity (Wildman–Crippen MR) is 142 cm³/mol. The van der Waals surface area contributed by atoms with E-state index in [0.717, 1.165) is 24.9 Å². The number of carbonyl (C=O) groups excluding carboxylic acids is 1. The number of anilines is 2. The molecule has 2 N–H and O–H groups in total. The number of carboxylic acid groups (broad SMARTS) is 1. The van der Waals surface area contributed by atoms with Gasteiger partial charge in [-0.1, -0.05) is 12.1 Å². The summed E-state index contributed by atoms with van der Waals surface area (Å²) in [6.45, 7) is 2.71. The molecule has 0 spiro atoms. The number of oxazole rings is 1. The molecule has 40 heavy (non-hydrogen) atoms. The van der Waals surface area contributed by atoms with E-state index in [2.05, 4.69) is 10.3 Å². The number of hydrogen-bond acceptors (Lipinski definition) is 8. The zero-order valence-electron chi connectivity index (χ0n) is 22.3. The number of aryl methyl sites for hydroxylation is 1. The van der Waals surface area contributed by atoms with E-state index in [9.17, 15) is 19.1 Å². The summed E-state index contributed by atoms with van der Waals surface area (Å²) in [5.41, 5.74) is 1.59. The van der Waals surface area contributed by atoms with E-state index in [1.807, 2.05) is 5.06 Å². The lowest BCUT2D eigenvalue weighted by molar-refractivity contribution is -0.221. The number of ether oxygens (including phenoxy) is 1. The summed E-state index contributed by atoms with van der Waals surface area (Å²) in [5, 5.41) is 14.0. The molecule has 5 rings (SSSR count). The first-order valence-corrected chi connectivity index (χ1v) is 13.6. The Kier molecular flexibility index (Phi) is 8.72. The fourth-order valence-corrected chi connectivity index (χ4v) is 5.33. The fourth-order valence-electron chi connectivity index (χ4n) is 5.33. The lowest BCUT2D eigenvalue weighted by Crippen LogP contribution is -2.38. The maximum atomic E-state index is 15.2. The number of carbonyl (C=O) groups is 2. The number of aliphatic carboxylic acids is 1. The van der Waals surface area contributed by atoms with E-state index >= 15 is 4.39 Å². The summed E-state index contributed by atoms with van der Waals surface area (Å²) in [7, 11) is 0. The van der Waals surface area contributed by atoms with Gasteiger partial charge in [-0.25, -0.2) is 8.78 Å². The van der Waals surface area contributed by atoms with Gasteiger partial charge in [-0.3, -0.25) is 14.4 Å². The molecule has 214 valence electrons. The van der Waals surface area contributed by atoms with Crippen LogP contribution in [-0.4, -0.2) is 58.8 Å². The van der Waals surface area contributed by atoms with Gasteiger partial charge in [0.05, 0.1) is 24.7 Å². The molecule has 1 saturated carbocycles. The van der Waals surface area contributed by atoms with Gasteiger partial charge in [-0.05, 0) is 74.8 Å². The van der Waals surface area contributed by atoms with Crippen LogP contribution in [0, 0.1) is 24.5 Å². The first kappa shape index (κ1) is 28.1. The number of fused-ring (bicyclic) bond motifs is 1. The first-order chi connectivity index (χ1) is 19.3. The molecule has 1 aliphatic carbocycles. The van der Waals surface area contributed by atoms with Crippen molar-refractivity contribution in [2.24, 2.45) is 5.92 Å². The van der Waals surface area contributed by atoms with Crippen LogP contribution in [0.5, 0.6) is 0 Å². The van der Waals surface area contributed by atoms with Crippen molar-refractivity contribution in [2.45, 2.75) is 64.0 Å². The molecule has 1 aromatic heterocycles. The fraction of sp³-hybridized carbons (Fsp3) is 0.483. The Morgan fingerprint density at radius 3 is 2.73 bits per heavy atom. The topological polar surface area (TPSA) is 114 Å². The third kappa shape index (κ3) is 6.65. The molecule has 0 unspecified atom stereocenters. The summed E-state index contributed by atoms with van der Waals surface area (Å²) < 4.78 is 40.0. The first-order valence-electron chi connectivity index (χ1n) is 13.6. The van der Waals surface area contributed by atoms with Crippen LogP contribution in [0.1, 0.15) is 49.7 Å². The number of aromatic nitrogens is 1. The maximum Gasteiger partial charge on any atom is 0.306 e. The van der Waals surface area contributed by atoms with Gasteiger partial charge < -0.3 is 19.6 Å². The predicted octanol–water partition coefficient (Wildman–Crippen LogP) is 5.33. The van der Waals surface area contributed by atoms with Gasteiger partial charge in [0, 0.05) is 18.7 Å². The lowest BCUT2D eigenvalue weighted by atomic mass is 9.88. The van der Waals surface area contributed by atoms with Crippen molar-refractivity contribution < 1.29 is 37.5 Å². The zero-order valence-corrected chi connectivity index (χ0v) is 22.3. The zero-order chi connectivity index (χ0) is 28.2. The Hall–Kier alpha value is -3.41. The Bertz CT molecular complexity index is 1370. The third-order valence-electron chi connectivity index (χ3n) is 7.61. The van der Waals surface area contributed by atoms with Crippen LogP contribution in [0.3, 0.4) is 0 Å². The molecule has 1 aliphatic heterocycles. The Morgan fingerprint density at radius 2 is 1.95 bits per heavy atom. The van der Waals surface area contributed by atoms with Gasteiger partial charge in [0.25, 0.3) is 6.01 Å². The third-order valence-corrected chi connectivity index (χ3v) is 7.61. The second-order valence-electron chi connectivity index (χ2n) is 10.6. The molecule has 0 amide bonds. The Morgan fingerprint density at radius 1 is 1.15 bits per heavy atom. The van der Waals surface area contributed by atoms with Crippen LogP contribution >= 0.6 is 0 Å². The molecule has 1 saturated heterocycles. The second-order valence-corrected chi connectivity index (χ2v) is 10.6. The van der Waals surface area contributed by atoms with Gasteiger partial charge in [-0.2, -0.15) is 10.0 Å². The number of nitrogens with one attached hydrogen (secondary N) is 1. The monoisotopic (exact) mass is 557 g/mol. The molecule has 3 aromatic rings. The van der Waals surface area contributed by atoms with Gasteiger partial charge in [0.15, 0.2) is 17.2 Å². The molecule has 2 aliphatic rings. The SMILES string of the molecule is Cc1ccc(F)cc1Nc1nc2ccc(CC(=O)COC[C@@H]3CCCN3OC3CCC(C(=O)O)CC3)c(F)c2o1. The molecular weight excluding hydrogens is 524 g/mol. The van der Waals surface area contributed by atoms with E-state index in [1.54, 1.807) is 19.1 Å². The number of rotatable bonds is 11. The van der Waals surface area contributed by atoms with Gasteiger partial charge in [0.2, 0.25) is 0 Å². The van der Waals surface area contributed by atoms with Crippen molar-refractivity contribution in [1.29, 1.82) is 0 Å². The number of halogens is 2. The van der Waals surface area contributed by atoms with Crippen LogP contribution in [0.25, 0.3) is 11.1 Å². The molecular formula is C29H33F2N3O6. The number of ketones is 1. The normalized spacial score (nSPS) is 21.6. The number of benzene rings is 2. The summed E-state index contributed by atoms with van der Waals surface area (Å²) in [4.78, 5) is 34.1. The molecule has 0 bridgehead atoms. The molecule has 2 aromatic carbocycles. The van der Waals surface area contributed by atoms with Crippen molar-refractivity contribution in [3.8, 4) is 0 Å². The average molecular weight is 558 g/mol. The largest absolute Gasteiger partial charge is 0.481 e. The van der Waals surface area contributed by atoms with E-state index in [-0.39, 0.29) is 59.6 Å². The second kappa shape index (κ2) is 12.4. The molecule has 0 radical (unpaired) electrons. The van der Waals surface area contributed by atoms with Crippen LogP contribution in [0.15, 0.2) is 34.7 Å². The van der Waals surface area contributed by atoms with Crippen LogP contribution in [-0.2, 0) is 25.6 Å². The van der Waals surface area contributed by atoms with Gasteiger partial charge >= 0.3 is 5.97 Å². The van der Waals surface area contributed by atoms with Gasteiger partial charge in [-0.15, -0.1) is 0 Å². The molecule has 1 atom stereocenters. The van der Waals surface area contributed by atoms with Crippen molar-refractivity contribution in [3.05, 3.63) is 53.1 Å². The summed E-state index contributed by atoms with van der Waals surface area (Å²) in [6, 6.07) is 7.36. The molecule has 9 nitrogen and oxygen atoms in total. The van der Waals surface area contributed by atoms with Crippen LogP contribution in [0.2, 0.25) is 0 Å². The highest BCUT2D eigenvalue weighted by Gasteiger charge is 2.32. The molecule has 11 heteroatoms. The Labute approximate surface area is 230 Å². The Balaban J connectivity index is 1.11. The summed E-state index contributed by atoms with van der Waals surface area (Å²) in [6.07, 6.45) is 4.32. The number of carboxylic acids is 1. The van der Waals surface area contributed by atoms with E-state index in [1.165, 1.54) is 18.2 Å². The standard InChI is InChI=1S/C29H33F2N3O6/c1-17-4-8-20(30)14-25(17)33-29-32-24-11-7-19(26(31)27(24)39-29)13-22(35)16-38-15-21-3-2-12-34(21)40-23-9-5-18(6-10-23)28(36)37/h4,7-8,11,14,18,21,23H,2-3,5-6,9-10,12-13,15-16H2,1H3,(H,32,33)(H,36,37)/t18?,21-,23?/m0/s1. The minimum atomic E-state index is -0.742. The summed E-state index contributed by atoms with van der Waals surface area (Å²) in [5.74, 6) is -2.40. The van der Waals surface area contributed by atoms with Crippen LogP contribution in [0.4, 0.5) is 20.5 Å². The highest BCUT2D eigenvalue weighted by atomic mass is 19.1. The molecule has 2 fully saturated rings. The quantitative estimate of drug-likeness (QED) is 0.323. The number of nitrogens with zero attached hydrogens (tertiary/aromatic N) is 2. The minimum absolute atomic E-state index is 0.000383. The maximum absolute atomic E-state index is 15.2. The summed E-state index contributed by atoms with van der Waals surface area (Å²) >= 11 is 0. The highest BCUT2D eigenvalue weighted by Crippen LogP contribution is 2.30. The highest BCUT2D eigenvalue weighted by molar-refractivity contribution is 5.84. The number of hydroxylamine groups is 2. The number of hydrogen-bond donors (Lipinski definition) is 2. The molecule has 2 heterocycles. The van der Waals surface area contributed by atoms with Crippen molar-refractivity contribution in [2.75, 3.05) is 25.1 Å². The van der Waals surface area contributed by atoms with Crippen molar-refractivity contribution >= 4 is 34.6 Å². The smallest absolute Gasteiger partial charge is 0.306 e.